The Hall–Kier alpha value is -4.66. The summed E-state index contributed by atoms with van der Waals surface area (Å²) in [5, 5.41) is 10.7. The Bertz CT molecular complexity index is 1420. The molecule has 0 radical (unpaired) electrons. The summed E-state index contributed by atoms with van der Waals surface area (Å²) >= 11 is 0. The lowest BCUT2D eigenvalue weighted by Gasteiger charge is -2.11. The van der Waals surface area contributed by atoms with E-state index in [0.717, 1.165) is 22.3 Å². The maximum absolute atomic E-state index is 11.4. The molecule has 5 aromatic rings. The van der Waals surface area contributed by atoms with Crippen LogP contribution in [0.3, 0.4) is 0 Å². The average Bonchev–Trinajstić information content (AvgIpc) is 3.28. The lowest BCUT2D eigenvalue weighted by atomic mass is 10.1. The molecule has 5 rings (SSSR count). The first-order valence-corrected chi connectivity index (χ1v) is 10.4. The number of hydrogen-bond acceptors (Lipinski definition) is 7. The molecule has 0 bridgehead atoms. The lowest BCUT2D eigenvalue weighted by molar-refractivity contribution is -0.114. The van der Waals surface area contributed by atoms with Gasteiger partial charge in [0.1, 0.15) is 11.2 Å². The van der Waals surface area contributed by atoms with Gasteiger partial charge in [0, 0.05) is 24.9 Å². The second kappa shape index (κ2) is 8.83. The summed E-state index contributed by atoms with van der Waals surface area (Å²) in [6.45, 7) is 1.91. The number of pyridine rings is 1. The second-order valence-electron chi connectivity index (χ2n) is 7.32. The lowest BCUT2D eigenvalue weighted by Crippen LogP contribution is -2.10. The largest absolute Gasteiger partial charge is 0.363 e. The van der Waals surface area contributed by atoms with Crippen LogP contribution >= 0.6 is 0 Å². The molecule has 0 atom stereocenters. The van der Waals surface area contributed by atoms with Crippen LogP contribution in [0.1, 0.15) is 12.6 Å². The number of benzene rings is 1. The third-order valence-corrected chi connectivity index (χ3v) is 4.93. The van der Waals surface area contributed by atoms with Gasteiger partial charge in [-0.05, 0) is 23.8 Å². The van der Waals surface area contributed by atoms with Crippen molar-refractivity contribution in [3.63, 3.8) is 0 Å². The number of carbonyl (C=O) groups is 1. The van der Waals surface area contributed by atoms with Gasteiger partial charge in [0.05, 0.1) is 24.6 Å². The van der Waals surface area contributed by atoms with E-state index in [9.17, 15) is 4.79 Å². The molecule has 9 heteroatoms. The van der Waals surface area contributed by atoms with Crippen LogP contribution in [0.15, 0.2) is 79.4 Å². The van der Waals surface area contributed by atoms with Gasteiger partial charge in [-0.1, -0.05) is 36.4 Å². The van der Waals surface area contributed by atoms with Crippen molar-refractivity contribution in [3.8, 4) is 22.6 Å². The molecule has 4 aromatic heterocycles. The molecule has 0 fully saturated rings. The van der Waals surface area contributed by atoms with Gasteiger partial charge in [0.15, 0.2) is 11.6 Å². The molecule has 1 aromatic carbocycles. The molecule has 0 aliphatic rings. The van der Waals surface area contributed by atoms with Crippen molar-refractivity contribution in [2.75, 3.05) is 10.6 Å². The van der Waals surface area contributed by atoms with E-state index < -0.39 is 0 Å². The van der Waals surface area contributed by atoms with Crippen LogP contribution in [0.25, 0.3) is 28.2 Å². The molecule has 9 nitrogen and oxygen atoms in total. The maximum Gasteiger partial charge on any atom is 0.222 e. The van der Waals surface area contributed by atoms with Gasteiger partial charge in [-0.25, -0.2) is 14.5 Å². The predicted octanol–water partition coefficient (Wildman–Crippen LogP) is 3.82. The predicted molar refractivity (Wildman–Crippen MR) is 125 cm³/mol. The van der Waals surface area contributed by atoms with E-state index in [1.807, 2.05) is 60.8 Å². The molecule has 162 valence electrons. The molecule has 0 saturated heterocycles. The Kier molecular flexibility index (Phi) is 5.42. The number of nitrogens with zero attached hydrogens (tertiary/aromatic N) is 6. The third kappa shape index (κ3) is 4.38. The zero-order valence-electron chi connectivity index (χ0n) is 17.8. The fraction of sp³-hybridized carbons (Fsp3) is 0.0833. The first-order chi connectivity index (χ1) is 16.2. The summed E-state index contributed by atoms with van der Waals surface area (Å²) < 4.78 is 1.78. The highest BCUT2D eigenvalue weighted by Crippen LogP contribution is 2.31. The zero-order valence-corrected chi connectivity index (χ0v) is 17.8. The van der Waals surface area contributed by atoms with E-state index in [-0.39, 0.29) is 5.91 Å². The highest BCUT2D eigenvalue weighted by atomic mass is 16.1. The Morgan fingerprint density at radius 1 is 1.00 bits per heavy atom. The highest BCUT2D eigenvalue weighted by molar-refractivity contribution is 5.89. The van der Waals surface area contributed by atoms with E-state index in [2.05, 4.69) is 30.7 Å². The van der Waals surface area contributed by atoms with Crippen molar-refractivity contribution < 1.29 is 4.79 Å². The van der Waals surface area contributed by atoms with Crippen molar-refractivity contribution in [3.05, 3.63) is 85.1 Å². The molecule has 0 aliphatic carbocycles. The first-order valence-electron chi connectivity index (χ1n) is 10.4. The van der Waals surface area contributed by atoms with E-state index in [1.54, 1.807) is 16.9 Å². The summed E-state index contributed by atoms with van der Waals surface area (Å²) in [4.78, 5) is 29.2. The number of hydrogen-bond donors (Lipinski definition) is 2. The molecule has 0 aliphatic heterocycles. The fourth-order valence-corrected chi connectivity index (χ4v) is 3.50. The molecule has 0 saturated carbocycles. The quantitative estimate of drug-likeness (QED) is 0.416. The summed E-state index contributed by atoms with van der Waals surface area (Å²) in [6, 6.07) is 17.9. The van der Waals surface area contributed by atoms with Crippen LogP contribution in [-0.4, -0.2) is 35.5 Å². The summed E-state index contributed by atoms with van der Waals surface area (Å²) in [5.41, 5.74) is 4.23. The Balaban J connectivity index is 1.61. The summed E-state index contributed by atoms with van der Waals surface area (Å²) in [6.07, 6.45) is 6.69. The molecule has 33 heavy (non-hydrogen) atoms. The van der Waals surface area contributed by atoms with Crippen molar-refractivity contribution in [1.82, 2.24) is 29.5 Å². The van der Waals surface area contributed by atoms with Gasteiger partial charge < -0.3 is 10.6 Å². The summed E-state index contributed by atoms with van der Waals surface area (Å²) in [7, 11) is 0. The molecular weight excluding hydrogens is 416 g/mol. The maximum atomic E-state index is 11.4. The molecule has 1 amide bonds. The van der Waals surface area contributed by atoms with Crippen molar-refractivity contribution >= 4 is 23.1 Å². The van der Waals surface area contributed by atoms with Crippen molar-refractivity contribution in [2.45, 2.75) is 13.5 Å². The molecule has 2 N–H and O–H groups in total. The van der Waals surface area contributed by atoms with E-state index in [1.165, 1.54) is 13.1 Å². The highest BCUT2D eigenvalue weighted by Gasteiger charge is 2.16. The molecule has 4 heterocycles. The Labute approximate surface area is 189 Å². The Morgan fingerprint density at radius 2 is 1.85 bits per heavy atom. The number of nitrogens with one attached hydrogen (secondary N) is 2. The van der Waals surface area contributed by atoms with Gasteiger partial charge >= 0.3 is 0 Å². The van der Waals surface area contributed by atoms with Crippen LogP contribution in [0.2, 0.25) is 0 Å². The van der Waals surface area contributed by atoms with E-state index >= 15 is 0 Å². The third-order valence-electron chi connectivity index (χ3n) is 4.93. The second-order valence-corrected chi connectivity index (χ2v) is 7.32. The number of anilines is 2. The number of aromatic nitrogens is 6. The molecular formula is C24H20N8O. The minimum Gasteiger partial charge on any atom is -0.363 e. The molecule has 0 unspecified atom stereocenters. The monoisotopic (exact) mass is 436 g/mol. The van der Waals surface area contributed by atoms with Gasteiger partial charge in [-0.15, -0.1) is 5.10 Å². The number of amides is 1. The van der Waals surface area contributed by atoms with E-state index in [4.69, 9.17) is 4.98 Å². The Morgan fingerprint density at radius 3 is 2.64 bits per heavy atom. The van der Waals surface area contributed by atoms with Crippen molar-refractivity contribution in [1.29, 1.82) is 0 Å². The zero-order chi connectivity index (χ0) is 22.6. The normalized spacial score (nSPS) is 10.8. The van der Waals surface area contributed by atoms with Crippen LogP contribution in [0, 0.1) is 0 Å². The summed E-state index contributed by atoms with van der Waals surface area (Å²) in [5.74, 6) is 1.12. The van der Waals surface area contributed by atoms with Crippen LogP contribution in [-0.2, 0) is 11.3 Å². The van der Waals surface area contributed by atoms with Gasteiger partial charge in [0.2, 0.25) is 11.7 Å². The van der Waals surface area contributed by atoms with Crippen molar-refractivity contribution in [2.24, 2.45) is 0 Å². The number of rotatable bonds is 6. The minimum absolute atomic E-state index is 0.228. The SMILES string of the molecule is CC(=O)Nc1cncc(-c2nc(NCc3ccccn3)c3c(-c4ccccc4)ccn3n2)n1. The standard InChI is InChI=1S/C24H20N8O/c1-16(33)28-21-15-25-14-20(29-21)23-30-24(27-13-18-9-5-6-11-26-18)22-19(10-12-32(22)31-23)17-7-3-2-4-8-17/h2-12,14-15H,13H2,1H3,(H,27,30,31)(H,28,29,33). The van der Waals surface area contributed by atoms with Gasteiger partial charge in [-0.2, -0.15) is 0 Å². The van der Waals surface area contributed by atoms with Gasteiger partial charge in [0.25, 0.3) is 0 Å². The van der Waals surface area contributed by atoms with E-state index in [0.29, 0.717) is 29.7 Å². The number of fused-ring (bicyclic) bond motifs is 1. The van der Waals surface area contributed by atoms with Crippen LogP contribution in [0.5, 0.6) is 0 Å². The van der Waals surface area contributed by atoms with Crippen LogP contribution in [0.4, 0.5) is 11.6 Å². The minimum atomic E-state index is -0.228. The topological polar surface area (TPSA) is 110 Å². The van der Waals surface area contributed by atoms with Crippen LogP contribution < -0.4 is 10.6 Å². The first kappa shape index (κ1) is 20.3. The smallest absolute Gasteiger partial charge is 0.222 e. The average molecular weight is 436 g/mol. The number of carbonyl (C=O) groups excluding carboxylic acids is 1. The van der Waals surface area contributed by atoms with Gasteiger partial charge in [-0.3, -0.25) is 14.8 Å². The fourth-order valence-electron chi connectivity index (χ4n) is 3.50. The molecule has 0 spiro atoms.